The Morgan fingerprint density at radius 1 is 1.06 bits per heavy atom. The summed E-state index contributed by atoms with van der Waals surface area (Å²) in [6, 6.07) is 0. The molecule has 1 aliphatic rings. The first-order valence-electron chi connectivity index (χ1n) is 4.91. The lowest BCUT2D eigenvalue weighted by Crippen LogP contribution is -2.19. The second kappa shape index (κ2) is 10.5. The maximum absolute atomic E-state index is 10.2. The molecule has 1 atom stereocenters. The number of hydrogen-bond donors (Lipinski definition) is 0. The first-order chi connectivity index (χ1) is 6.86. The molecule has 0 heterocycles. The van der Waals surface area contributed by atoms with Crippen molar-refractivity contribution in [3.8, 4) is 0 Å². The molecule has 0 aromatic rings. The summed E-state index contributed by atoms with van der Waals surface area (Å²) in [5, 5.41) is 0. The van der Waals surface area contributed by atoms with Gasteiger partial charge in [0.25, 0.3) is 12.9 Å². The molecule has 1 fully saturated rings. The Hall–Kier alpha value is -1.06. The predicted octanol–water partition coefficient (Wildman–Crippen LogP) is 2.86. The van der Waals surface area contributed by atoms with E-state index < -0.39 is 0 Å². The molecule has 0 aliphatic heterocycles. The van der Waals surface area contributed by atoms with E-state index in [1.54, 1.807) is 0 Å². The fourth-order valence-corrected chi connectivity index (χ4v) is 1.70. The smallest absolute Gasteiger partial charge is 0.293 e. The van der Waals surface area contributed by atoms with Crippen LogP contribution in [-0.2, 0) is 19.1 Å². The number of hydrogen-bond acceptors (Lipinski definition) is 4. The number of ether oxygens (including phenoxy) is 2. The minimum absolute atomic E-state index is 0. The Balaban J connectivity index is 0. The second-order valence-electron chi connectivity index (χ2n) is 3.41. The van der Waals surface area contributed by atoms with E-state index in [1.807, 2.05) is 0 Å². The topological polar surface area (TPSA) is 52.6 Å². The summed E-state index contributed by atoms with van der Waals surface area (Å²) in [5.74, 6) is 0. The molecule has 4 nitrogen and oxygen atoms in total. The van der Waals surface area contributed by atoms with E-state index in [2.05, 4.69) is 0 Å². The average Bonchev–Trinajstić information content (AvgIpc) is 2.13. The van der Waals surface area contributed by atoms with E-state index >= 15 is 0 Å². The molecule has 1 aliphatic carbocycles. The van der Waals surface area contributed by atoms with E-state index in [0.717, 1.165) is 38.2 Å². The summed E-state index contributed by atoms with van der Waals surface area (Å²) in [6.07, 6.45) is 5.99. The standard InChI is InChI=1S/C10H15O4.2CH4/c11-7-13-9-4-2-1-3-5-10(6-9)14-8-12;;/h7-9H,1-6H2;2*1H4. The second-order valence-corrected chi connectivity index (χ2v) is 3.41. The molecule has 16 heavy (non-hydrogen) atoms. The van der Waals surface area contributed by atoms with E-state index in [0.29, 0.717) is 19.4 Å². The third-order valence-electron chi connectivity index (χ3n) is 2.40. The highest BCUT2D eigenvalue weighted by Gasteiger charge is 2.21. The van der Waals surface area contributed by atoms with Crippen molar-refractivity contribution in [1.29, 1.82) is 0 Å². The normalized spacial score (nSPS) is 21.4. The number of carbonyl (C=O) groups excluding carboxylic acids is 2. The molecular weight excluding hydrogens is 208 g/mol. The van der Waals surface area contributed by atoms with Crippen LogP contribution in [0.4, 0.5) is 0 Å². The van der Waals surface area contributed by atoms with Crippen LogP contribution in [0.3, 0.4) is 0 Å². The van der Waals surface area contributed by atoms with E-state index in [9.17, 15) is 9.59 Å². The Bertz CT molecular complexity index is 164. The first-order valence-corrected chi connectivity index (χ1v) is 4.91. The minimum atomic E-state index is -0.122. The van der Waals surface area contributed by atoms with Crippen LogP contribution < -0.4 is 0 Å². The number of rotatable bonds is 4. The zero-order valence-corrected chi connectivity index (χ0v) is 8.11. The minimum Gasteiger partial charge on any atom is -0.464 e. The lowest BCUT2D eigenvalue weighted by Gasteiger charge is -2.22. The SMILES string of the molecule is C.C.O=CO[C]1CCCCCC(OC=O)C1. The van der Waals surface area contributed by atoms with Crippen LogP contribution in [0.25, 0.3) is 0 Å². The van der Waals surface area contributed by atoms with Crippen molar-refractivity contribution in [2.75, 3.05) is 0 Å². The maximum atomic E-state index is 10.2. The Morgan fingerprint density at radius 2 is 1.81 bits per heavy atom. The van der Waals surface area contributed by atoms with Crippen molar-refractivity contribution in [2.45, 2.75) is 59.5 Å². The van der Waals surface area contributed by atoms with Crippen LogP contribution in [0.15, 0.2) is 0 Å². The third kappa shape index (κ3) is 6.43. The van der Waals surface area contributed by atoms with Crippen molar-refractivity contribution in [3.05, 3.63) is 6.10 Å². The molecule has 4 heteroatoms. The van der Waals surface area contributed by atoms with Crippen LogP contribution in [-0.4, -0.2) is 19.0 Å². The summed E-state index contributed by atoms with van der Waals surface area (Å²) in [6.45, 7) is 0.902. The molecule has 0 aromatic carbocycles. The van der Waals surface area contributed by atoms with Gasteiger partial charge in [0.15, 0.2) is 6.10 Å². The van der Waals surface area contributed by atoms with Crippen LogP contribution in [0.5, 0.6) is 0 Å². The molecule has 0 bridgehead atoms. The van der Waals surface area contributed by atoms with Crippen LogP contribution in [0, 0.1) is 6.10 Å². The van der Waals surface area contributed by atoms with E-state index in [-0.39, 0.29) is 21.0 Å². The molecular formula is C12H23O4. The highest BCUT2D eigenvalue weighted by Crippen LogP contribution is 2.25. The number of carbonyl (C=O) groups is 2. The summed E-state index contributed by atoms with van der Waals surface area (Å²) in [5.41, 5.74) is 0. The van der Waals surface area contributed by atoms with Crippen molar-refractivity contribution in [1.82, 2.24) is 0 Å². The molecule has 1 saturated carbocycles. The molecule has 95 valence electrons. The van der Waals surface area contributed by atoms with Crippen LogP contribution >= 0.6 is 0 Å². The summed E-state index contributed by atoms with van der Waals surface area (Å²) < 4.78 is 9.73. The molecule has 0 saturated heterocycles. The molecule has 1 unspecified atom stereocenters. The van der Waals surface area contributed by atoms with Gasteiger partial charge in [-0.05, 0) is 25.7 Å². The summed E-state index contributed by atoms with van der Waals surface area (Å²) in [4.78, 5) is 20.4. The molecule has 0 aromatic heterocycles. The molecule has 0 amide bonds. The maximum Gasteiger partial charge on any atom is 0.293 e. The van der Waals surface area contributed by atoms with Gasteiger partial charge in [-0.1, -0.05) is 21.3 Å². The van der Waals surface area contributed by atoms with Crippen LogP contribution in [0.2, 0.25) is 0 Å². The van der Waals surface area contributed by atoms with Gasteiger partial charge in [-0.3, -0.25) is 9.59 Å². The molecule has 1 radical (unpaired) electrons. The van der Waals surface area contributed by atoms with Crippen LogP contribution in [0.1, 0.15) is 53.4 Å². The summed E-state index contributed by atoms with van der Waals surface area (Å²) in [7, 11) is 0. The Kier molecular flexibility index (Phi) is 11.3. The monoisotopic (exact) mass is 231 g/mol. The summed E-state index contributed by atoms with van der Waals surface area (Å²) >= 11 is 0. The molecule has 1 rings (SSSR count). The largest absolute Gasteiger partial charge is 0.464 e. The van der Waals surface area contributed by atoms with Gasteiger partial charge in [-0.15, -0.1) is 0 Å². The van der Waals surface area contributed by atoms with E-state index in [1.165, 1.54) is 0 Å². The fourth-order valence-electron chi connectivity index (χ4n) is 1.70. The van der Waals surface area contributed by atoms with Crippen molar-refractivity contribution >= 4 is 12.9 Å². The quantitative estimate of drug-likeness (QED) is 0.698. The van der Waals surface area contributed by atoms with Gasteiger partial charge in [0.05, 0.1) is 0 Å². The fraction of sp³-hybridized carbons (Fsp3) is 0.750. The lowest BCUT2D eigenvalue weighted by molar-refractivity contribution is -0.136. The third-order valence-corrected chi connectivity index (χ3v) is 2.40. The Morgan fingerprint density at radius 3 is 2.44 bits per heavy atom. The molecule has 0 N–H and O–H groups in total. The van der Waals surface area contributed by atoms with Gasteiger partial charge in [0.1, 0.15) is 6.10 Å². The van der Waals surface area contributed by atoms with Gasteiger partial charge >= 0.3 is 0 Å². The van der Waals surface area contributed by atoms with Gasteiger partial charge in [0, 0.05) is 6.42 Å². The van der Waals surface area contributed by atoms with Crippen molar-refractivity contribution < 1.29 is 19.1 Å². The van der Waals surface area contributed by atoms with Gasteiger partial charge in [-0.2, -0.15) is 0 Å². The van der Waals surface area contributed by atoms with Gasteiger partial charge < -0.3 is 9.47 Å². The van der Waals surface area contributed by atoms with E-state index in [4.69, 9.17) is 9.47 Å². The highest BCUT2D eigenvalue weighted by atomic mass is 16.5. The van der Waals surface area contributed by atoms with Gasteiger partial charge in [-0.25, -0.2) is 0 Å². The lowest BCUT2D eigenvalue weighted by atomic mass is 9.96. The van der Waals surface area contributed by atoms with Crippen molar-refractivity contribution in [3.63, 3.8) is 0 Å². The van der Waals surface area contributed by atoms with Crippen molar-refractivity contribution in [2.24, 2.45) is 0 Å². The Labute approximate surface area is 98.3 Å². The van der Waals surface area contributed by atoms with Gasteiger partial charge in [0.2, 0.25) is 0 Å². The first kappa shape index (κ1) is 17.3. The molecule has 0 spiro atoms. The zero-order chi connectivity index (χ0) is 10.2. The highest BCUT2D eigenvalue weighted by molar-refractivity contribution is 5.39. The predicted molar refractivity (Wildman–Crippen MR) is 62.5 cm³/mol. The average molecular weight is 231 g/mol. The zero-order valence-electron chi connectivity index (χ0n) is 8.11.